The predicted molar refractivity (Wildman–Crippen MR) is 106 cm³/mol. The van der Waals surface area contributed by atoms with Crippen LogP contribution in [0.4, 0.5) is 0 Å². The van der Waals surface area contributed by atoms with Gasteiger partial charge in [-0.15, -0.1) is 0 Å². The van der Waals surface area contributed by atoms with Gasteiger partial charge >= 0.3 is 0 Å². The van der Waals surface area contributed by atoms with Crippen LogP contribution in [0.5, 0.6) is 11.5 Å². The molecule has 1 N–H and O–H groups in total. The Hall–Kier alpha value is -2.99. The van der Waals surface area contributed by atoms with Gasteiger partial charge in [-0.05, 0) is 49.2 Å². The van der Waals surface area contributed by atoms with Crippen LogP contribution in [0.25, 0.3) is 0 Å². The van der Waals surface area contributed by atoms with Crippen LogP contribution in [-0.4, -0.2) is 22.5 Å². The maximum absolute atomic E-state index is 12.6. The third kappa shape index (κ3) is 3.68. The van der Waals surface area contributed by atoms with Crippen molar-refractivity contribution in [1.82, 2.24) is 15.1 Å². The monoisotopic (exact) mass is 397 g/mol. The lowest BCUT2D eigenvalue weighted by molar-refractivity contribution is 0.0950. The Morgan fingerprint density at radius 2 is 1.96 bits per heavy atom. The molecule has 0 spiro atoms. The van der Waals surface area contributed by atoms with Crippen molar-refractivity contribution in [3.8, 4) is 11.5 Å². The van der Waals surface area contributed by atoms with E-state index in [4.69, 9.17) is 21.1 Å². The molecular formula is C21H20ClN3O3. The number of hydrogen-bond acceptors (Lipinski definition) is 4. The molecule has 2 aromatic carbocycles. The summed E-state index contributed by atoms with van der Waals surface area (Å²) in [5.41, 5.74) is 4.25. The van der Waals surface area contributed by atoms with Crippen molar-refractivity contribution in [1.29, 1.82) is 0 Å². The van der Waals surface area contributed by atoms with Crippen molar-refractivity contribution in [3.63, 3.8) is 0 Å². The van der Waals surface area contributed by atoms with Crippen LogP contribution >= 0.6 is 11.6 Å². The number of amides is 1. The Bertz CT molecular complexity index is 1050. The van der Waals surface area contributed by atoms with Crippen molar-refractivity contribution in [2.45, 2.75) is 26.9 Å². The van der Waals surface area contributed by atoms with E-state index in [1.165, 1.54) is 0 Å². The lowest BCUT2D eigenvalue weighted by Gasteiger charge is -2.09. The Labute approximate surface area is 168 Å². The standard InChI is InChI=1S/C21H20ClN3O3/c1-13-20(22)14(2)25(24-13)11-16-4-3-5-17(8-16)21(26)23-10-15-6-7-18-19(9-15)28-12-27-18/h3-9H,10-12H2,1-2H3,(H,23,26). The Morgan fingerprint density at radius 3 is 2.75 bits per heavy atom. The van der Waals surface area contributed by atoms with Crippen LogP contribution in [0.2, 0.25) is 5.02 Å². The summed E-state index contributed by atoms with van der Waals surface area (Å²) in [5, 5.41) is 8.07. The number of aromatic nitrogens is 2. The number of carbonyl (C=O) groups excluding carboxylic acids is 1. The second-order valence-electron chi connectivity index (χ2n) is 6.71. The summed E-state index contributed by atoms with van der Waals surface area (Å²) in [4.78, 5) is 12.6. The lowest BCUT2D eigenvalue weighted by Crippen LogP contribution is -2.23. The Kier molecular flexibility index (Phi) is 4.96. The molecule has 144 valence electrons. The van der Waals surface area contributed by atoms with E-state index in [0.717, 1.165) is 28.3 Å². The van der Waals surface area contributed by atoms with Gasteiger partial charge in [0.25, 0.3) is 5.91 Å². The Balaban J connectivity index is 1.43. The van der Waals surface area contributed by atoms with Crippen molar-refractivity contribution in [3.05, 3.63) is 75.6 Å². The molecule has 0 aliphatic carbocycles. The molecule has 2 heterocycles. The van der Waals surface area contributed by atoms with Crippen LogP contribution in [-0.2, 0) is 13.1 Å². The molecule has 1 aliphatic rings. The number of benzene rings is 2. The predicted octanol–water partition coefficient (Wildman–Crippen LogP) is 3.86. The van der Waals surface area contributed by atoms with E-state index in [1.54, 1.807) is 6.07 Å². The van der Waals surface area contributed by atoms with E-state index < -0.39 is 0 Å². The highest BCUT2D eigenvalue weighted by Gasteiger charge is 2.14. The van der Waals surface area contributed by atoms with E-state index in [9.17, 15) is 4.79 Å². The lowest BCUT2D eigenvalue weighted by atomic mass is 10.1. The molecule has 6 nitrogen and oxygen atoms in total. The maximum atomic E-state index is 12.6. The molecule has 4 rings (SSSR count). The first-order chi connectivity index (χ1) is 13.5. The minimum absolute atomic E-state index is 0.133. The zero-order valence-corrected chi connectivity index (χ0v) is 16.4. The number of hydrogen-bond donors (Lipinski definition) is 1. The number of carbonyl (C=O) groups is 1. The molecule has 3 aromatic rings. The zero-order valence-electron chi connectivity index (χ0n) is 15.7. The molecule has 0 unspecified atom stereocenters. The molecule has 1 aliphatic heterocycles. The fraction of sp³-hybridized carbons (Fsp3) is 0.238. The molecule has 0 radical (unpaired) electrons. The highest BCUT2D eigenvalue weighted by Crippen LogP contribution is 2.32. The fourth-order valence-corrected chi connectivity index (χ4v) is 3.28. The van der Waals surface area contributed by atoms with E-state index in [1.807, 2.05) is 54.9 Å². The molecule has 7 heteroatoms. The topological polar surface area (TPSA) is 65.4 Å². The van der Waals surface area contributed by atoms with Crippen molar-refractivity contribution >= 4 is 17.5 Å². The largest absolute Gasteiger partial charge is 0.454 e. The first-order valence-electron chi connectivity index (χ1n) is 8.96. The molecule has 0 saturated heterocycles. The van der Waals surface area contributed by atoms with Gasteiger partial charge in [0.15, 0.2) is 11.5 Å². The highest BCUT2D eigenvalue weighted by molar-refractivity contribution is 6.31. The van der Waals surface area contributed by atoms with Crippen LogP contribution < -0.4 is 14.8 Å². The first kappa shape index (κ1) is 18.4. The number of nitrogens with zero attached hydrogens (tertiary/aromatic N) is 2. The molecule has 28 heavy (non-hydrogen) atoms. The van der Waals surface area contributed by atoms with Crippen LogP contribution in [0.15, 0.2) is 42.5 Å². The normalized spacial score (nSPS) is 12.2. The van der Waals surface area contributed by atoms with Gasteiger partial charge < -0.3 is 14.8 Å². The van der Waals surface area contributed by atoms with E-state index >= 15 is 0 Å². The average molecular weight is 398 g/mol. The number of aryl methyl sites for hydroxylation is 1. The second kappa shape index (κ2) is 7.56. The molecule has 1 aromatic heterocycles. The smallest absolute Gasteiger partial charge is 0.251 e. The van der Waals surface area contributed by atoms with Gasteiger partial charge in [0.2, 0.25) is 6.79 Å². The van der Waals surface area contributed by atoms with Gasteiger partial charge in [-0.2, -0.15) is 5.10 Å². The van der Waals surface area contributed by atoms with Crippen LogP contribution in [0.3, 0.4) is 0 Å². The summed E-state index contributed by atoms with van der Waals surface area (Å²) in [6.07, 6.45) is 0. The number of rotatable bonds is 5. The van der Waals surface area contributed by atoms with Crippen molar-refractivity contribution < 1.29 is 14.3 Å². The highest BCUT2D eigenvalue weighted by atomic mass is 35.5. The minimum atomic E-state index is -0.133. The quantitative estimate of drug-likeness (QED) is 0.710. The summed E-state index contributed by atoms with van der Waals surface area (Å²) in [6.45, 7) is 5.02. The van der Waals surface area contributed by atoms with Gasteiger partial charge in [-0.25, -0.2) is 0 Å². The van der Waals surface area contributed by atoms with Gasteiger partial charge in [0, 0.05) is 12.1 Å². The van der Waals surface area contributed by atoms with E-state index in [-0.39, 0.29) is 12.7 Å². The van der Waals surface area contributed by atoms with Gasteiger partial charge in [-0.1, -0.05) is 29.8 Å². The molecule has 0 bridgehead atoms. The third-order valence-electron chi connectivity index (χ3n) is 4.70. The molecule has 0 atom stereocenters. The van der Waals surface area contributed by atoms with Crippen LogP contribution in [0, 0.1) is 13.8 Å². The van der Waals surface area contributed by atoms with E-state index in [2.05, 4.69) is 10.4 Å². The number of fused-ring (bicyclic) bond motifs is 1. The van der Waals surface area contributed by atoms with Crippen molar-refractivity contribution in [2.75, 3.05) is 6.79 Å². The van der Waals surface area contributed by atoms with Crippen molar-refractivity contribution in [2.24, 2.45) is 0 Å². The minimum Gasteiger partial charge on any atom is -0.454 e. The SMILES string of the molecule is Cc1nn(Cc2cccc(C(=O)NCc3ccc4c(c3)OCO4)c2)c(C)c1Cl. The van der Waals surface area contributed by atoms with Crippen LogP contribution in [0.1, 0.15) is 32.9 Å². The summed E-state index contributed by atoms with van der Waals surface area (Å²) in [7, 11) is 0. The number of nitrogens with one attached hydrogen (secondary N) is 1. The summed E-state index contributed by atoms with van der Waals surface area (Å²) in [5.74, 6) is 1.30. The summed E-state index contributed by atoms with van der Waals surface area (Å²) < 4.78 is 12.5. The number of ether oxygens (including phenoxy) is 2. The maximum Gasteiger partial charge on any atom is 0.251 e. The average Bonchev–Trinajstić information content (AvgIpc) is 3.26. The van der Waals surface area contributed by atoms with E-state index in [0.29, 0.717) is 29.4 Å². The molecular weight excluding hydrogens is 378 g/mol. The zero-order chi connectivity index (χ0) is 19.7. The number of halogens is 1. The Morgan fingerprint density at radius 1 is 1.14 bits per heavy atom. The first-order valence-corrected chi connectivity index (χ1v) is 9.34. The molecule has 0 fully saturated rings. The molecule has 0 saturated carbocycles. The third-order valence-corrected chi connectivity index (χ3v) is 5.25. The summed E-state index contributed by atoms with van der Waals surface area (Å²) in [6, 6.07) is 13.2. The second-order valence-corrected chi connectivity index (χ2v) is 7.09. The van der Waals surface area contributed by atoms with Gasteiger partial charge in [-0.3, -0.25) is 9.48 Å². The van der Waals surface area contributed by atoms with Gasteiger partial charge in [0.05, 0.1) is 23.0 Å². The fourth-order valence-electron chi connectivity index (χ4n) is 3.15. The summed E-state index contributed by atoms with van der Waals surface area (Å²) >= 11 is 6.22. The van der Waals surface area contributed by atoms with Gasteiger partial charge in [0.1, 0.15) is 0 Å². The molecule has 1 amide bonds.